The van der Waals surface area contributed by atoms with Gasteiger partial charge in [0, 0.05) is 17.6 Å². The largest absolute Gasteiger partial charge is 0.397 e. The van der Waals surface area contributed by atoms with E-state index < -0.39 is 0 Å². The van der Waals surface area contributed by atoms with Gasteiger partial charge in [-0.1, -0.05) is 13.8 Å². The van der Waals surface area contributed by atoms with Gasteiger partial charge >= 0.3 is 0 Å². The summed E-state index contributed by atoms with van der Waals surface area (Å²) >= 11 is 1.35. The van der Waals surface area contributed by atoms with Crippen LogP contribution in [0.4, 0.5) is 5.69 Å². The van der Waals surface area contributed by atoms with Gasteiger partial charge < -0.3 is 11.1 Å². The van der Waals surface area contributed by atoms with Crippen LogP contribution in [0.25, 0.3) is 10.2 Å². The number of hydrogen-bond donors (Lipinski definition) is 2. The van der Waals surface area contributed by atoms with Gasteiger partial charge in [0.05, 0.1) is 5.69 Å². The first-order valence-electron chi connectivity index (χ1n) is 5.93. The monoisotopic (exact) mass is 261 g/mol. The van der Waals surface area contributed by atoms with Crippen molar-refractivity contribution in [3.05, 3.63) is 23.2 Å². The molecule has 1 atom stereocenters. The van der Waals surface area contributed by atoms with E-state index in [0.717, 1.165) is 16.6 Å². The van der Waals surface area contributed by atoms with Gasteiger partial charge in [-0.3, -0.25) is 4.79 Å². The third-order valence-corrected chi connectivity index (χ3v) is 4.66. The number of carbonyl (C=O) groups is 1. The summed E-state index contributed by atoms with van der Waals surface area (Å²) in [4.78, 5) is 17.8. The van der Waals surface area contributed by atoms with E-state index >= 15 is 0 Å². The Morgan fingerprint density at radius 2 is 2.33 bits per heavy atom. The highest BCUT2D eigenvalue weighted by atomic mass is 32.1. The van der Waals surface area contributed by atoms with Gasteiger partial charge in [0.15, 0.2) is 0 Å². The average Bonchev–Trinajstić information content (AvgIpc) is 2.78. The predicted molar refractivity (Wildman–Crippen MR) is 73.7 cm³/mol. The Kier molecular flexibility index (Phi) is 2.35. The van der Waals surface area contributed by atoms with Crippen LogP contribution in [-0.2, 0) is 0 Å². The fraction of sp³-hybridized carbons (Fsp3) is 0.385. The molecule has 18 heavy (non-hydrogen) atoms. The Morgan fingerprint density at radius 3 is 2.94 bits per heavy atom. The number of pyridine rings is 1. The van der Waals surface area contributed by atoms with Crippen LogP contribution in [0.3, 0.4) is 0 Å². The number of nitrogen functional groups attached to an aromatic ring is 1. The molecule has 3 N–H and O–H groups in total. The Hall–Kier alpha value is -1.62. The van der Waals surface area contributed by atoms with Crippen LogP contribution in [0.5, 0.6) is 0 Å². The van der Waals surface area contributed by atoms with E-state index in [1.807, 2.05) is 12.1 Å². The van der Waals surface area contributed by atoms with Crippen molar-refractivity contribution in [2.24, 2.45) is 5.41 Å². The van der Waals surface area contributed by atoms with Gasteiger partial charge in [-0.15, -0.1) is 11.3 Å². The Bertz CT molecular complexity index is 632. The number of carbonyl (C=O) groups excluding carboxylic acids is 1. The molecule has 1 unspecified atom stereocenters. The number of fused-ring (bicyclic) bond motifs is 1. The number of thiophene rings is 1. The highest BCUT2D eigenvalue weighted by Gasteiger charge is 2.46. The third-order valence-electron chi connectivity index (χ3n) is 3.53. The maximum absolute atomic E-state index is 12.2. The number of aromatic nitrogens is 1. The van der Waals surface area contributed by atoms with E-state index in [1.165, 1.54) is 11.3 Å². The number of hydrogen-bond acceptors (Lipinski definition) is 4. The molecule has 94 valence electrons. The van der Waals surface area contributed by atoms with Crippen molar-refractivity contribution in [2.45, 2.75) is 26.3 Å². The zero-order valence-corrected chi connectivity index (χ0v) is 11.2. The normalized spacial score (nSPS) is 20.9. The summed E-state index contributed by atoms with van der Waals surface area (Å²) in [7, 11) is 0. The van der Waals surface area contributed by atoms with E-state index in [2.05, 4.69) is 24.1 Å². The molecule has 2 heterocycles. The van der Waals surface area contributed by atoms with Gasteiger partial charge in [0.2, 0.25) is 0 Å². The number of anilines is 1. The minimum Gasteiger partial charge on any atom is -0.397 e. The van der Waals surface area contributed by atoms with Crippen molar-refractivity contribution in [1.29, 1.82) is 0 Å². The van der Waals surface area contributed by atoms with Gasteiger partial charge in [-0.05, 0) is 24.0 Å². The van der Waals surface area contributed by atoms with E-state index in [1.54, 1.807) is 6.20 Å². The lowest BCUT2D eigenvalue weighted by Gasteiger charge is -2.05. The van der Waals surface area contributed by atoms with Crippen LogP contribution in [-0.4, -0.2) is 16.9 Å². The SMILES string of the molecule is CC1(C)CC1NC(=O)c1sc2ncccc2c1N. The second-order valence-electron chi connectivity index (χ2n) is 5.42. The van der Waals surface area contributed by atoms with Crippen LogP contribution in [0.15, 0.2) is 18.3 Å². The van der Waals surface area contributed by atoms with E-state index in [9.17, 15) is 4.79 Å². The molecular weight excluding hydrogens is 246 g/mol. The molecule has 1 amide bonds. The molecule has 1 aliphatic carbocycles. The zero-order chi connectivity index (χ0) is 12.9. The van der Waals surface area contributed by atoms with E-state index in [0.29, 0.717) is 10.6 Å². The molecule has 0 aliphatic heterocycles. The van der Waals surface area contributed by atoms with Crippen LogP contribution in [0.1, 0.15) is 29.9 Å². The molecule has 0 radical (unpaired) electrons. The fourth-order valence-electron chi connectivity index (χ4n) is 2.06. The van der Waals surface area contributed by atoms with Crippen molar-refractivity contribution in [2.75, 3.05) is 5.73 Å². The molecule has 0 spiro atoms. The maximum Gasteiger partial charge on any atom is 0.263 e. The summed E-state index contributed by atoms with van der Waals surface area (Å²) in [5, 5.41) is 3.89. The van der Waals surface area contributed by atoms with Crippen LogP contribution in [0.2, 0.25) is 0 Å². The summed E-state index contributed by atoms with van der Waals surface area (Å²) in [5.41, 5.74) is 6.78. The van der Waals surface area contributed by atoms with Crippen LogP contribution in [0, 0.1) is 5.41 Å². The molecule has 2 aromatic heterocycles. The number of amides is 1. The molecule has 2 aromatic rings. The highest BCUT2D eigenvalue weighted by molar-refractivity contribution is 7.21. The first-order chi connectivity index (χ1) is 8.49. The summed E-state index contributed by atoms with van der Waals surface area (Å²) in [6, 6.07) is 3.99. The molecule has 0 bridgehead atoms. The summed E-state index contributed by atoms with van der Waals surface area (Å²) in [5.74, 6) is -0.0777. The highest BCUT2D eigenvalue weighted by Crippen LogP contribution is 2.45. The second kappa shape index (κ2) is 3.68. The summed E-state index contributed by atoms with van der Waals surface area (Å²) < 4.78 is 0. The van der Waals surface area contributed by atoms with Gasteiger partial charge in [0.25, 0.3) is 5.91 Å². The molecule has 1 saturated carbocycles. The van der Waals surface area contributed by atoms with E-state index in [4.69, 9.17) is 5.73 Å². The fourth-order valence-corrected chi connectivity index (χ4v) is 3.02. The molecule has 0 aromatic carbocycles. The quantitative estimate of drug-likeness (QED) is 0.872. The van der Waals surface area contributed by atoms with Crippen molar-refractivity contribution in [3.8, 4) is 0 Å². The molecule has 4 nitrogen and oxygen atoms in total. The third kappa shape index (κ3) is 1.75. The van der Waals surface area contributed by atoms with Crippen LogP contribution >= 0.6 is 11.3 Å². The van der Waals surface area contributed by atoms with Crippen molar-refractivity contribution < 1.29 is 4.79 Å². The van der Waals surface area contributed by atoms with Crippen LogP contribution < -0.4 is 11.1 Å². The van der Waals surface area contributed by atoms with Gasteiger partial charge in [-0.2, -0.15) is 0 Å². The van der Waals surface area contributed by atoms with E-state index in [-0.39, 0.29) is 17.4 Å². The Balaban J connectivity index is 1.90. The number of nitrogens with zero attached hydrogens (tertiary/aromatic N) is 1. The summed E-state index contributed by atoms with van der Waals surface area (Å²) in [6.07, 6.45) is 2.74. The lowest BCUT2D eigenvalue weighted by atomic mass is 10.2. The van der Waals surface area contributed by atoms with Crippen molar-refractivity contribution >= 4 is 33.1 Å². The summed E-state index contributed by atoms with van der Waals surface area (Å²) in [6.45, 7) is 4.29. The predicted octanol–water partition coefficient (Wildman–Crippen LogP) is 2.41. The smallest absolute Gasteiger partial charge is 0.263 e. The average molecular weight is 261 g/mol. The molecule has 0 saturated heterocycles. The maximum atomic E-state index is 12.2. The minimum absolute atomic E-state index is 0.0777. The lowest BCUT2D eigenvalue weighted by Crippen LogP contribution is -2.28. The molecule has 1 fully saturated rings. The standard InChI is InChI=1S/C13H15N3OS/c1-13(2)6-8(13)16-11(17)10-9(14)7-4-3-5-15-12(7)18-10/h3-5,8H,6,14H2,1-2H3,(H,16,17). The van der Waals surface area contributed by atoms with Gasteiger partial charge in [-0.25, -0.2) is 4.98 Å². The van der Waals surface area contributed by atoms with Crippen molar-refractivity contribution in [3.63, 3.8) is 0 Å². The molecule has 3 rings (SSSR count). The molecular formula is C13H15N3OS. The molecule has 5 heteroatoms. The zero-order valence-electron chi connectivity index (χ0n) is 10.4. The Morgan fingerprint density at radius 1 is 1.61 bits per heavy atom. The topological polar surface area (TPSA) is 68.0 Å². The first-order valence-corrected chi connectivity index (χ1v) is 6.74. The first kappa shape index (κ1) is 11.5. The number of nitrogens with one attached hydrogen (secondary N) is 1. The van der Waals surface area contributed by atoms with Gasteiger partial charge in [0.1, 0.15) is 9.71 Å². The second-order valence-corrected chi connectivity index (χ2v) is 6.42. The van der Waals surface area contributed by atoms with Crippen molar-refractivity contribution in [1.82, 2.24) is 10.3 Å². The molecule has 1 aliphatic rings. The number of nitrogens with two attached hydrogens (primary N) is 1. The number of rotatable bonds is 2. The lowest BCUT2D eigenvalue weighted by molar-refractivity contribution is 0.0951. The Labute approximate surface area is 109 Å². The minimum atomic E-state index is -0.0777.